The first-order chi connectivity index (χ1) is 6.60. The molecule has 0 aliphatic carbocycles. The lowest BCUT2D eigenvalue weighted by molar-refractivity contribution is 0.0739. The summed E-state index contributed by atoms with van der Waals surface area (Å²) in [5, 5.41) is 0. The topological polar surface area (TPSA) is 33.5 Å². The number of hydrogen-bond donors (Lipinski definition) is 0. The standard InChI is InChI=1S/C10H14BrNO2/c1-4-12(5-2)10(13)9-6-8(11)7(3)14-9/h6H,4-5H2,1-3H3. The first-order valence-electron chi connectivity index (χ1n) is 4.65. The summed E-state index contributed by atoms with van der Waals surface area (Å²) in [6.07, 6.45) is 0. The normalized spacial score (nSPS) is 10.3. The number of nitrogens with zero attached hydrogens (tertiary/aromatic N) is 1. The van der Waals surface area contributed by atoms with Crippen molar-refractivity contribution in [2.24, 2.45) is 0 Å². The van der Waals surface area contributed by atoms with E-state index in [1.54, 1.807) is 11.0 Å². The van der Waals surface area contributed by atoms with Crippen molar-refractivity contribution in [3.8, 4) is 0 Å². The second kappa shape index (κ2) is 4.64. The summed E-state index contributed by atoms with van der Waals surface area (Å²) in [4.78, 5) is 13.5. The molecule has 1 rings (SSSR count). The van der Waals surface area contributed by atoms with E-state index in [0.29, 0.717) is 18.8 Å². The van der Waals surface area contributed by atoms with Gasteiger partial charge in [0.15, 0.2) is 5.76 Å². The van der Waals surface area contributed by atoms with Crippen molar-refractivity contribution < 1.29 is 9.21 Å². The van der Waals surface area contributed by atoms with Crippen molar-refractivity contribution >= 4 is 21.8 Å². The molecule has 0 aromatic carbocycles. The Morgan fingerprint density at radius 3 is 2.43 bits per heavy atom. The number of carbonyl (C=O) groups is 1. The largest absolute Gasteiger partial charge is 0.455 e. The van der Waals surface area contributed by atoms with Crippen LogP contribution in [0.5, 0.6) is 0 Å². The maximum absolute atomic E-state index is 11.8. The molecule has 0 saturated carbocycles. The molecule has 78 valence electrons. The molecule has 1 amide bonds. The van der Waals surface area contributed by atoms with Gasteiger partial charge in [-0.3, -0.25) is 4.79 Å². The van der Waals surface area contributed by atoms with Crippen LogP contribution in [0.1, 0.15) is 30.2 Å². The molecule has 0 fully saturated rings. The van der Waals surface area contributed by atoms with Crippen molar-refractivity contribution in [2.45, 2.75) is 20.8 Å². The maximum Gasteiger partial charge on any atom is 0.289 e. The van der Waals surface area contributed by atoms with E-state index in [1.807, 2.05) is 20.8 Å². The Morgan fingerprint density at radius 1 is 1.50 bits per heavy atom. The van der Waals surface area contributed by atoms with Gasteiger partial charge in [-0.15, -0.1) is 0 Å². The number of amides is 1. The van der Waals surface area contributed by atoms with Gasteiger partial charge in [0, 0.05) is 19.2 Å². The Balaban J connectivity index is 2.88. The number of rotatable bonds is 3. The van der Waals surface area contributed by atoms with Crippen molar-refractivity contribution in [3.63, 3.8) is 0 Å². The number of aryl methyl sites for hydroxylation is 1. The SMILES string of the molecule is CCN(CC)C(=O)c1cc(Br)c(C)o1. The van der Waals surface area contributed by atoms with Crippen molar-refractivity contribution in [2.75, 3.05) is 13.1 Å². The van der Waals surface area contributed by atoms with Crippen LogP contribution >= 0.6 is 15.9 Å². The number of halogens is 1. The molecule has 14 heavy (non-hydrogen) atoms. The zero-order valence-electron chi connectivity index (χ0n) is 8.63. The van der Waals surface area contributed by atoms with Crippen LogP contribution in [0.15, 0.2) is 15.0 Å². The van der Waals surface area contributed by atoms with E-state index < -0.39 is 0 Å². The zero-order valence-corrected chi connectivity index (χ0v) is 10.2. The second-order valence-corrected chi connectivity index (χ2v) is 3.85. The first-order valence-corrected chi connectivity index (χ1v) is 5.44. The molecule has 0 bridgehead atoms. The molecule has 1 heterocycles. The predicted octanol–water partition coefficient (Wildman–Crippen LogP) is 2.83. The van der Waals surface area contributed by atoms with E-state index in [4.69, 9.17) is 4.42 Å². The summed E-state index contributed by atoms with van der Waals surface area (Å²) in [5.74, 6) is 1.09. The van der Waals surface area contributed by atoms with E-state index in [9.17, 15) is 4.79 Å². The molecule has 4 heteroatoms. The van der Waals surface area contributed by atoms with E-state index in [0.717, 1.165) is 10.2 Å². The molecule has 0 aliphatic heterocycles. The van der Waals surface area contributed by atoms with Crippen LogP contribution < -0.4 is 0 Å². The highest BCUT2D eigenvalue weighted by molar-refractivity contribution is 9.10. The predicted molar refractivity (Wildman–Crippen MR) is 58.4 cm³/mol. The number of hydrogen-bond acceptors (Lipinski definition) is 2. The van der Waals surface area contributed by atoms with E-state index >= 15 is 0 Å². The highest BCUT2D eigenvalue weighted by Crippen LogP contribution is 2.21. The van der Waals surface area contributed by atoms with Crippen LogP contribution in [0.2, 0.25) is 0 Å². The average Bonchev–Trinajstić information content (AvgIpc) is 2.49. The third-order valence-electron chi connectivity index (χ3n) is 2.12. The van der Waals surface area contributed by atoms with Gasteiger partial charge in [0.2, 0.25) is 0 Å². The molecule has 1 aromatic rings. The molecule has 0 unspecified atom stereocenters. The van der Waals surface area contributed by atoms with Gasteiger partial charge in [-0.2, -0.15) is 0 Å². The lowest BCUT2D eigenvalue weighted by Gasteiger charge is -2.16. The van der Waals surface area contributed by atoms with Crippen molar-refractivity contribution in [1.82, 2.24) is 4.90 Å². The van der Waals surface area contributed by atoms with Crippen molar-refractivity contribution in [1.29, 1.82) is 0 Å². The fraction of sp³-hybridized carbons (Fsp3) is 0.500. The van der Waals surface area contributed by atoms with E-state index in [-0.39, 0.29) is 5.91 Å². The van der Waals surface area contributed by atoms with Crippen molar-refractivity contribution in [3.05, 3.63) is 22.1 Å². The fourth-order valence-electron chi connectivity index (χ4n) is 1.23. The zero-order chi connectivity index (χ0) is 10.7. The minimum absolute atomic E-state index is 0.0520. The van der Waals surface area contributed by atoms with Gasteiger partial charge < -0.3 is 9.32 Å². The Labute approximate surface area is 92.2 Å². The summed E-state index contributed by atoms with van der Waals surface area (Å²) < 4.78 is 6.16. The quantitative estimate of drug-likeness (QED) is 0.837. The van der Waals surface area contributed by atoms with Crippen LogP contribution in [0.3, 0.4) is 0 Å². The van der Waals surface area contributed by atoms with Crippen LogP contribution in [0, 0.1) is 6.92 Å². The molecule has 0 aliphatic rings. The molecule has 0 radical (unpaired) electrons. The summed E-state index contributed by atoms with van der Waals surface area (Å²) >= 11 is 3.31. The first kappa shape index (κ1) is 11.3. The number of furan rings is 1. The molecular formula is C10H14BrNO2. The van der Waals surface area contributed by atoms with Gasteiger partial charge in [-0.1, -0.05) is 0 Å². The smallest absolute Gasteiger partial charge is 0.289 e. The van der Waals surface area contributed by atoms with Crippen LogP contribution in [0.4, 0.5) is 0 Å². The van der Waals surface area contributed by atoms with Gasteiger partial charge in [-0.25, -0.2) is 0 Å². The molecule has 1 aromatic heterocycles. The third-order valence-corrected chi connectivity index (χ3v) is 2.91. The average molecular weight is 260 g/mol. The summed E-state index contributed by atoms with van der Waals surface area (Å²) in [6, 6.07) is 1.72. The highest BCUT2D eigenvalue weighted by Gasteiger charge is 2.17. The molecule has 0 N–H and O–H groups in total. The van der Waals surface area contributed by atoms with E-state index in [2.05, 4.69) is 15.9 Å². The van der Waals surface area contributed by atoms with Gasteiger partial charge in [0.25, 0.3) is 5.91 Å². The van der Waals surface area contributed by atoms with Crippen LogP contribution in [0.25, 0.3) is 0 Å². The highest BCUT2D eigenvalue weighted by atomic mass is 79.9. The Kier molecular flexibility index (Phi) is 3.75. The molecular weight excluding hydrogens is 246 g/mol. The van der Waals surface area contributed by atoms with Crippen LogP contribution in [-0.2, 0) is 0 Å². The Hall–Kier alpha value is -0.770. The minimum Gasteiger partial charge on any atom is -0.455 e. The Morgan fingerprint density at radius 2 is 2.07 bits per heavy atom. The minimum atomic E-state index is -0.0520. The molecule has 0 spiro atoms. The fourth-order valence-corrected chi connectivity index (χ4v) is 1.52. The van der Waals surface area contributed by atoms with Crippen LogP contribution in [-0.4, -0.2) is 23.9 Å². The Bertz CT molecular complexity index is 309. The summed E-state index contributed by atoms with van der Waals surface area (Å²) in [5.41, 5.74) is 0. The summed E-state index contributed by atoms with van der Waals surface area (Å²) in [7, 11) is 0. The lowest BCUT2D eigenvalue weighted by atomic mass is 10.3. The van der Waals surface area contributed by atoms with E-state index in [1.165, 1.54) is 0 Å². The molecule has 3 nitrogen and oxygen atoms in total. The number of carbonyl (C=O) groups excluding carboxylic acids is 1. The van der Waals surface area contributed by atoms with Gasteiger partial charge in [-0.05, 0) is 36.7 Å². The molecule has 0 atom stereocenters. The summed E-state index contributed by atoms with van der Waals surface area (Å²) in [6.45, 7) is 7.13. The second-order valence-electron chi connectivity index (χ2n) is 2.99. The van der Waals surface area contributed by atoms with Gasteiger partial charge in [0.1, 0.15) is 5.76 Å². The monoisotopic (exact) mass is 259 g/mol. The van der Waals surface area contributed by atoms with Gasteiger partial charge >= 0.3 is 0 Å². The molecule has 0 saturated heterocycles. The third kappa shape index (κ3) is 2.18. The lowest BCUT2D eigenvalue weighted by Crippen LogP contribution is -2.30. The maximum atomic E-state index is 11.8. The van der Waals surface area contributed by atoms with Gasteiger partial charge in [0.05, 0.1) is 4.47 Å².